The second-order valence-electron chi connectivity index (χ2n) is 9.01. The maximum absolute atomic E-state index is 13.8. The average Bonchev–Trinajstić information content (AvgIpc) is 2.90. The van der Waals surface area contributed by atoms with E-state index in [2.05, 4.69) is 29.2 Å². The van der Waals surface area contributed by atoms with Crippen LogP contribution in [-0.2, 0) is 6.42 Å². The van der Waals surface area contributed by atoms with E-state index in [9.17, 15) is 9.65 Å². The number of nitrogens with zero attached hydrogens (tertiary/aromatic N) is 3. The minimum Gasteiger partial charge on any atom is -0.492 e. The molecular weight excluding hydrogens is 437 g/mol. The number of rotatable bonds is 6. The summed E-state index contributed by atoms with van der Waals surface area (Å²) in [5, 5.41) is 10.4. The van der Waals surface area contributed by atoms with Crippen LogP contribution in [0.3, 0.4) is 0 Å². The summed E-state index contributed by atoms with van der Waals surface area (Å²) in [6, 6.07) is 22.6. The van der Waals surface area contributed by atoms with E-state index < -0.39 is 0 Å². The highest BCUT2D eigenvalue weighted by Gasteiger charge is 2.18. The summed E-state index contributed by atoms with van der Waals surface area (Å²) in [4.78, 5) is 7.37. The number of hydrogen-bond donors (Lipinski definition) is 0. The molecule has 2 heterocycles. The molecule has 1 aromatic heterocycles. The van der Waals surface area contributed by atoms with Crippen molar-refractivity contribution in [3.05, 3.63) is 89.4 Å². The van der Waals surface area contributed by atoms with Gasteiger partial charge in [0, 0.05) is 36.3 Å². The Labute approximate surface area is 205 Å². The average molecular weight is 466 g/mol. The molecule has 1 aliphatic heterocycles. The van der Waals surface area contributed by atoms with Crippen LogP contribution in [-0.4, -0.2) is 24.7 Å². The Kier molecular flexibility index (Phi) is 6.63. The normalized spacial score (nSPS) is 13.6. The molecule has 4 nitrogen and oxygen atoms in total. The number of ether oxygens (including phenoxy) is 1. The number of pyridine rings is 1. The van der Waals surface area contributed by atoms with E-state index in [1.165, 1.54) is 37.1 Å². The monoisotopic (exact) mass is 465 g/mol. The molecule has 0 radical (unpaired) electrons. The van der Waals surface area contributed by atoms with Gasteiger partial charge in [0.1, 0.15) is 17.6 Å². The first-order chi connectivity index (χ1) is 17.1. The summed E-state index contributed by atoms with van der Waals surface area (Å²) >= 11 is 0. The van der Waals surface area contributed by atoms with Crippen LogP contribution in [0.2, 0.25) is 0 Å². The Morgan fingerprint density at radius 1 is 1.00 bits per heavy atom. The number of anilines is 1. The predicted octanol–water partition coefficient (Wildman–Crippen LogP) is 6.83. The molecule has 0 unspecified atom stereocenters. The van der Waals surface area contributed by atoms with Crippen LogP contribution in [0.4, 0.5) is 10.1 Å². The zero-order valence-corrected chi connectivity index (χ0v) is 19.9. The van der Waals surface area contributed by atoms with Crippen molar-refractivity contribution < 1.29 is 9.13 Å². The lowest BCUT2D eigenvalue weighted by atomic mass is 9.92. The fourth-order valence-electron chi connectivity index (χ4n) is 4.96. The van der Waals surface area contributed by atoms with Gasteiger partial charge in [0.15, 0.2) is 0 Å². The van der Waals surface area contributed by atoms with E-state index in [1.807, 2.05) is 37.3 Å². The molecule has 0 saturated carbocycles. The van der Waals surface area contributed by atoms with Gasteiger partial charge in [-0.1, -0.05) is 24.3 Å². The Morgan fingerprint density at radius 2 is 1.77 bits per heavy atom. The number of hydrogen-bond acceptors (Lipinski definition) is 4. The number of aromatic nitrogens is 1. The summed E-state index contributed by atoms with van der Waals surface area (Å²) in [7, 11) is 0. The van der Waals surface area contributed by atoms with E-state index in [0.29, 0.717) is 24.3 Å². The second kappa shape index (κ2) is 10.1. The van der Waals surface area contributed by atoms with Crippen LogP contribution >= 0.6 is 0 Å². The molecule has 0 N–H and O–H groups in total. The Bertz CT molecular complexity index is 1390. The van der Waals surface area contributed by atoms with E-state index in [4.69, 9.17) is 9.72 Å². The number of nitriles is 1. The van der Waals surface area contributed by atoms with Gasteiger partial charge in [0.2, 0.25) is 0 Å². The number of piperidine rings is 1. The number of halogens is 1. The molecule has 1 fully saturated rings. The summed E-state index contributed by atoms with van der Waals surface area (Å²) in [6.45, 7) is 4.56. The summed E-state index contributed by atoms with van der Waals surface area (Å²) < 4.78 is 19.8. The van der Waals surface area contributed by atoms with Crippen LogP contribution in [0.25, 0.3) is 22.0 Å². The third-order valence-electron chi connectivity index (χ3n) is 6.75. The van der Waals surface area contributed by atoms with Crippen molar-refractivity contribution in [1.82, 2.24) is 4.98 Å². The molecule has 1 aliphatic rings. The lowest BCUT2D eigenvalue weighted by Gasteiger charge is -2.29. The molecule has 0 atom stereocenters. The quantitative estimate of drug-likeness (QED) is 0.313. The van der Waals surface area contributed by atoms with Gasteiger partial charge in [-0.15, -0.1) is 0 Å². The number of para-hydroxylation sites is 1. The third kappa shape index (κ3) is 4.83. The van der Waals surface area contributed by atoms with Gasteiger partial charge < -0.3 is 9.64 Å². The van der Waals surface area contributed by atoms with Crippen molar-refractivity contribution in [2.75, 3.05) is 24.6 Å². The molecule has 0 aliphatic carbocycles. The maximum atomic E-state index is 13.8. The molecule has 3 aromatic carbocycles. The third-order valence-corrected chi connectivity index (χ3v) is 6.75. The Balaban J connectivity index is 1.57. The number of fused-ring (bicyclic) bond motifs is 1. The zero-order valence-electron chi connectivity index (χ0n) is 19.9. The highest BCUT2D eigenvalue weighted by molar-refractivity contribution is 5.98. The molecule has 4 aromatic rings. The molecule has 5 heteroatoms. The standard InChI is InChI=1S/C30H28FN3O/c1-21-26(15-18-35-29-8-4-3-7-23(29)20-32)30(22-9-11-24(31)12-10-22)27-19-25(13-14-28(27)33-21)34-16-5-2-6-17-34/h3-4,7-14,19H,2,5-6,15-18H2,1H3. The Hall–Kier alpha value is -3.91. The molecule has 5 rings (SSSR count). The van der Waals surface area contributed by atoms with Gasteiger partial charge in [-0.2, -0.15) is 5.26 Å². The van der Waals surface area contributed by atoms with Crippen LogP contribution < -0.4 is 9.64 Å². The van der Waals surface area contributed by atoms with Gasteiger partial charge in [0.25, 0.3) is 0 Å². The van der Waals surface area contributed by atoms with Gasteiger partial charge in [-0.05, 0) is 85.3 Å². The van der Waals surface area contributed by atoms with Crippen LogP contribution in [0, 0.1) is 24.1 Å². The van der Waals surface area contributed by atoms with Crippen LogP contribution in [0.1, 0.15) is 36.1 Å². The topological polar surface area (TPSA) is 49.2 Å². The van der Waals surface area contributed by atoms with E-state index in [-0.39, 0.29) is 5.82 Å². The SMILES string of the molecule is Cc1nc2ccc(N3CCCCC3)cc2c(-c2ccc(F)cc2)c1CCOc1ccccc1C#N. The van der Waals surface area contributed by atoms with E-state index in [0.717, 1.165) is 46.4 Å². The van der Waals surface area contributed by atoms with Crippen molar-refractivity contribution in [2.45, 2.75) is 32.6 Å². The van der Waals surface area contributed by atoms with E-state index in [1.54, 1.807) is 6.07 Å². The van der Waals surface area contributed by atoms with Gasteiger partial charge in [0.05, 0.1) is 17.7 Å². The Morgan fingerprint density at radius 3 is 2.54 bits per heavy atom. The molecule has 1 saturated heterocycles. The van der Waals surface area contributed by atoms with Crippen LogP contribution in [0.15, 0.2) is 66.7 Å². The van der Waals surface area contributed by atoms with Gasteiger partial charge in [-0.3, -0.25) is 4.98 Å². The number of aryl methyl sites for hydroxylation is 1. The highest BCUT2D eigenvalue weighted by Crippen LogP contribution is 2.36. The first-order valence-corrected chi connectivity index (χ1v) is 12.2. The zero-order chi connectivity index (χ0) is 24.2. The fourth-order valence-corrected chi connectivity index (χ4v) is 4.96. The maximum Gasteiger partial charge on any atom is 0.137 e. The van der Waals surface area contributed by atoms with E-state index >= 15 is 0 Å². The molecule has 0 bridgehead atoms. The lowest BCUT2D eigenvalue weighted by molar-refractivity contribution is 0.321. The molecule has 0 amide bonds. The smallest absolute Gasteiger partial charge is 0.137 e. The second-order valence-corrected chi connectivity index (χ2v) is 9.01. The fraction of sp³-hybridized carbons (Fsp3) is 0.267. The minimum atomic E-state index is -0.254. The predicted molar refractivity (Wildman–Crippen MR) is 138 cm³/mol. The largest absolute Gasteiger partial charge is 0.492 e. The minimum absolute atomic E-state index is 0.254. The van der Waals surface area contributed by atoms with Gasteiger partial charge >= 0.3 is 0 Å². The summed E-state index contributed by atoms with van der Waals surface area (Å²) in [5.74, 6) is 0.327. The molecular formula is C30H28FN3O. The van der Waals surface area contributed by atoms with Crippen molar-refractivity contribution in [1.29, 1.82) is 5.26 Å². The molecule has 0 spiro atoms. The van der Waals surface area contributed by atoms with Gasteiger partial charge in [-0.25, -0.2) is 4.39 Å². The van der Waals surface area contributed by atoms with Crippen molar-refractivity contribution in [3.63, 3.8) is 0 Å². The highest BCUT2D eigenvalue weighted by atomic mass is 19.1. The number of benzene rings is 3. The summed E-state index contributed by atoms with van der Waals surface area (Å²) in [6.07, 6.45) is 4.32. The first kappa shape index (κ1) is 22.9. The molecule has 176 valence electrons. The van der Waals surface area contributed by atoms with Crippen molar-refractivity contribution in [2.24, 2.45) is 0 Å². The molecule has 35 heavy (non-hydrogen) atoms. The first-order valence-electron chi connectivity index (χ1n) is 12.2. The summed E-state index contributed by atoms with van der Waals surface area (Å²) in [5.41, 5.74) is 6.70. The lowest BCUT2D eigenvalue weighted by Crippen LogP contribution is -2.29. The van der Waals surface area contributed by atoms with Crippen LogP contribution in [0.5, 0.6) is 5.75 Å². The van der Waals surface area contributed by atoms with Crippen molar-refractivity contribution in [3.8, 4) is 22.9 Å². The van der Waals surface area contributed by atoms with Crippen molar-refractivity contribution >= 4 is 16.6 Å².